The highest BCUT2D eigenvalue weighted by atomic mass is 15.1. The Morgan fingerprint density at radius 1 is 1.05 bits per heavy atom. The SMILES string of the molecule is CC(C)=CCN1CCC(NCCC2CCCCC2)CC1. The van der Waals surface area contributed by atoms with Gasteiger partial charge in [0.05, 0.1) is 0 Å². The van der Waals surface area contributed by atoms with Crippen molar-refractivity contribution in [1.29, 1.82) is 0 Å². The van der Waals surface area contributed by atoms with Crippen molar-refractivity contribution in [2.24, 2.45) is 5.92 Å². The first-order valence-electron chi connectivity index (χ1n) is 8.83. The highest BCUT2D eigenvalue weighted by molar-refractivity contribution is 4.95. The molecule has 2 rings (SSSR count). The van der Waals surface area contributed by atoms with Gasteiger partial charge in [0.25, 0.3) is 0 Å². The normalized spacial score (nSPS) is 22.9. The molecule has 1 aliphatic carbocycles. The average molecular weight is 278 g/mol. The number of hydrogen-bond donors (Lipinski definition) is 1. The quantitative estimate of drug-likeness (QED) is 0.739. The van der Waals surface area contributed by atoms with E-state index in [-0.39, 0.29) is 0 Å². The second-order valence-corrected chi connectivity index (χ2v) is 7.10. The Kier molecular flexibility index (Phi) is 7.09. The summed E-state index contributed by atoms with van der Waals surface area (Å²) in [5.74, 6) is 1.02. The summed E-state index contributed by atoms with van der Waals surface area (Å²) in [6, 6.07) is 0.779. The molecule has 0 amide bonds. The van der Waals surface area contributed by atoms with E-state index in [2.05, 4.69) is 30.1 Å². The molecule has 0 radical (unpaired) electrons. The molecule has 116 valence electrons. The molecule has 2 heteroatoms. The van der Waals surface area contributed by atoms with E-state index < -0.39 is 0 Å². The van der Waals surface area contributed by atoms with Crippen molar-refractivity contribution in [1.82, 2.24) is 10.2 Å². The van der Waals surface area contributed by atoms with Crippen LogP contribution in [0.1, 0.15) is 65.2 Å². The predicted molar refractivity (Wildman–Crippen MR) is 88.1 cm³/mol. The molecule has 2 fully saturated rings. The summed E-state index contributed by atoms with van der Waals surface area (Å²) in [6.07, 6.45) is 13.9. The van der Waals surface area contributed by atoms with Crippen LogP contribution in [0.15, 0.2) is 11.6 Å². The standard InChI is InChI=1S/C18H34N2/c1-16(2)9-13-20-14-10-18(11-15-20)19-12-8-17-6-4-3-5-7-17/h9,17-19H,3-8,10-15H2,1-2H3. The summed E-state index contributed by atoms with van der Waals surface area (Å²) in [4.78, 5) is 2.59. The van der Waals surface area contributed by atoms with Gasteiger partial charge in [-0.2, -0.15) is 0 Å². The first-order valence-corrected chi connectivity index (χ1v) is 8.83. The third kappa shape index (κ3) is 5.97. The van der Waals surface area contributed by atoms with Crippen molar-refractivity contribution in [3.05, 3.63) is 11.6 Å². The van der Waals surface area contributed by atoms with Gasteiger partial charge < -0.3 is 5.32 Å². The lowest BCUT2D eigenvalue weighted by Crippen LogP contribution is -2.43. The Morgan fingerprint density at radius 3 is 2.40 bits per heavy atom. The van der Waals surface area contributed by atoms with E-state index in [0.717, 1.165) is 18.5 Å². The molecule has 2 aliphatic rings. The zero-order valence-corrected chi connectivity index (χ0v) is 13.7. The van der Waals surface area contributed by atoms with Crippen LogP contribution in [-0.2, 0) is 0 Å². The fourth-order valence-corrected chi connectivity index (χ4v) is 3.60. The van der Waals surface area contributed by atoms with Gasteiger partial charge in [-0.1, -0.05) is 43.8 Å². The lowest BCUT2D eigenvalue weighted by Gasteiger charge is -2.32. The lowest BCUT2D eigenvalue weighted by molar-refractivity contribution is 0.211. The smallest absolute Gasteiger partial charge is 0.0165 e. The van der Waals surface area contributed by atoms with Gasteiger partial charge in [0, 0.05) is 12.6 Å². The molecular formula is C18H34N2. The third-order valence-electron chi connectivity index (χ3n) is 5.06. The van der Waals surface area contributed by atoms with E-state index in [0.29, 0.717) is 0 Å². The van der Waals surface area contributed by atoms with Gasteiger partial charge in [-0.3, -0.25) is 4.90 Å². The predicted octanol–water partition coefficient (Wildman–Crippen LogP) is 3.98. The monoisotopic (exact) mass is 278 g/mol. The molecule has 0 atom stereocenters. The molecule has 0 spiro atoms. The minimum Gasteiger partial charge on any atom is -0.314 e. The Morgan fingerprint density at radius 2 is 1.75 bits per heavy atom. The summed E-state index contributed by atoms with van der Waals surface area (Å²) in [7, 11) is 0. The van der Waals surface area contributed by atoms with Crippen LogP contribution < -0.4 is 5.32 Å². The van der Waals surface area contributed by atoms with Gasteiger partial charge in [0.2, 0.25) is 0 Å². The van der Waals surface area contributed by atoms with Crippen LogP contribution >= 0.6 is 0 Å². The minimum absolute atomic E-state index is 0.779. The lowest BCUT2D eigenvalue weighted by atomic mass is 9.87. The molecule has 0 bridgehead atoms. The van der Waals surface area contributed by atoms with Gasteiger partial charge in [0.1, 0.15) is 0 Å². The summed E-state index contributed by atoms with van der Waals surface area (Å²) < 4.78 is 0. The molecule has 0 aromatic rings. The second-order valence-electron chi connectivity index (χ2n) is 7.10. The molecule has 1 N–H and O–H groups in total. The Hall–Kier alpha value is -0.340. The summed E-state index contributed by atoms with van der Waals surface area (Å²) >= 11 is 0. The number of nitrogens with one attached hydrogen (secondary N) is 1. The number of hydrogen-bond acceptors (Lipinski definition) is 2. The second kappa shape index (κ2) is 8.84. The van der Waals surface area contributed by atoms with Gasteiger partial charge >= 0.3 is 0 Å². The molecular weight excluding hydrogens is 244 g/mol. The van der Waals surface area contributed by atoms with Gasteiger partial charge in [0.15, 0.2) is 0 Å². The van der Waals surface area contributed by atoms with Crippen molar-refractivity contribution in [2.75, 3.05) is 26.2 Å². The average Bonchev–Trinajstić information content (AvgIpc) is 2.47. The zero-order valence-electron chi connectivity index (χ0n) is 13.7. The zero-order chi connectivity index (χ0) is 14.2. The number of rotatable bonds is 6. The molecule has 1 saturated heterocycles. The maximum atomic E-state index is 3.81. The van der Waals surface area contributed by atoms with Crippen molar-refractivity contribution in [3.63, 3.8) is 0 Å². The van der Waals surface area contributed by atoms with Gasteiger partial charge in [-0.25, -0.2) is 0 Å². The van der Waals surface area contributed by atoms with Crippen LogP contribution in [0.25, 0.3) is 0 Å². The Labute approximate surface area is 126 Å². The van der Waals surface area contributed by atoms with E-state index >= 15 is 0 Å². The minimum atomic E-state index is 0.779. The van der Waals surface area contributed by atoms with E-state index in [1.165, 1.54) is 76.6 Å². The fourth-order valence-electron chi connectivity index (χ4n) is 3.60. The summed E-state index contributed by atoms with van der Waals surface area (Å²) in [6.45, 7) is 9.33. The first kappa shape index (κ1) is 16.0. The third-order valence-corrected chi connectivity index (χ3v) is 5.06. The van der Waals surface area contributed by atoms with Crippen LogP contribution in [0.3, 0.4) is 0 Å². The van der Waals surface area contributed by atoms with Crippen LogP contribution in [0, 0.1) is 5.92 Å². The fraction of sp³-hybridized carbons (Fsp3) is 0.889. The van der Waals surface area contributed by atoms with Gasteiger partial charge in [-0.05, 0) is 58.7 Å². The topological polar surface area (TPSA) is 15.3 Å². The molecule has 0 aromatic heterocycles. The summed E-state index contributed by atoms with van der Waals surface area (Å²) in [5, 5.41) is 3.81. The number of likely N-dealkylation sites (tertiary alicyclic amines) is 1. The molecule has 20 heavy (non-hydrogen) atoms. The number of piperidine rings is 1. The van der Waals surface area contributed by atoms with Gasteiger partial charge in [-0.15, -0.1) is 0 Å². The molecule has 1 heterocycles. The molecule has 2 nitrogen and oxygen atoms in total. The number of nitrogens with zero attached hydrogens (tertiary/aromatic N) is 1. The number of allylic oxidation sites excluding steroid dienone is 1. The molecule has 0 unspecified atom stereocenters. The molecule has 1 aliphatic heterocycles. The highest BCUT2D eigenvalue weighted by Gasteiger charge is 2.18. The Bertz CT molecular complexity index is 280. The van der Waals surface area contributed by atoms with E-state index in [4.69, 9.17) is 0 Å². The highest BCUT2D eigenvalue weighted by Crippen LogP contribution is 2.25. The van der Waals surface area contributed by atoms with Crippen molar-refractivity contribution in [2.45, 2.75) is 71.3 Å². The van der Waals surface area contributed by atoms with Crippen molar-refractivity contribution in [3.8, 4) is 0 Å². The molecule has 1 saturated carbocycles. The molecule has 0 aromatic carbocycles. The first-order chi connectivity index (χ1) is 9.74. The maximum absolute atomic E-state index is 3.81. The van der Waals surface area contributed by atoms with E-state index in [9.17, 15) is 0 Å². The van der Waals surface area contributed by atoms with Crippen LogP contribution in [0.5, 0.6) is 0 Å². The Balaban J connectivity index is 1.54. The van der Waals surface area contributed by atoms with Crippen molar-refractivity contribution >= 4 is 0 Å². The van der Waals surface area contributed by atoms with Crippen LogP contribution in [-0.4, -0.2) is 37.1 Å². The van der Waals surface area contributed by atoms with Crippen LogP contribution in [0.2, 0.25) is 0 Å². The maximum Gasteiger partial charge on any atom is 0.0165 e. The largest absolute Gasteiger partial charge is 0.314 e. The van der Waals surface area contributed by atoms with E-state index in [1.807, 2.05) is 0 Å². The van der Waals surface area contributed by atoms with Crippen molar-refractivity contribution < 1.29 is 0 Å². The van der Waals surface area contributed by atoms with Crippen LogP contribution in [0.4, 0.5) is 0 Å². The summed E-state index contributed by atoms with van der Waals surface area (Å²) in [5.41, 5.74) is 1.44. The van der Waals surface area contributed by atoms with E-state index in [1.54, 1.807) is 0 Å².